The number of hydrogen-bond acceptors (Lipinski definition) is 1. The maximum absolute atomic E-state index is 9.99. The van der Waals surface area contributed by atoms with Crippen molar-refractivity contribution in [3.8, 4) is 0 Å². The molecular weight excluding hydrogens is 198 g/mol. The fourth-order valence-corrected chi connectivity index (χ4v) is 1.74. The number of carbonyl (C=O) groups excluding carboxylic acids is 1. The standard InChI is InChI=1S/C14H13NO/c16-11-15-9-3-4-12-7-8-13-5-1-2-6-14(13)10-12/h1-2,5-11H,3-4H2. The lowest BCUT2D eigenvalue weighted by Crippen LogP contribution is -1.86. The van der Waals surface area contributed by atoms with E-state index in [0.29, 0.717) is 6.41 Å². The van der Waals surface area contributed by atoms with Gasteiger partial charge in [0.2, 0.25) is 6.41 Å². The van der Waals surface area contributed by atoms with E-state index in [0.717, 1.165) is 12.8 Å². The van der Waals surface area contributed by atoms with Crippen LogP contribution in [0.1, 0.15) is 12.0 Å². The van der Waals surface area contributed by atoms with E-state index < -0.39 is 0 Å². The molecule has 0 N–H and O–H groups in total. The Bertz CT molecular complexity index is 517. The number of rotatable bonds is 4. The lowest BCUT2D eigenvalue weighted by molar-refractivity contribution is -0.106. The topological polar surface area (TPSA) is 29.4 Å². The highest BCUT2D eigenvalue weighted by Gasteiger charge is 1.95. The van der Waals surface area contributed by atoms with Gasteiger partial charge in [-0.15, -0.1) is 0 Å². The van der Waals surface area contributed by atoms with Crippen LogP contribution >= 0.6 is 0 Å². The smallest absolute Gasteiger partial charge is 0.232 e. The summed E-state index contributed by atoms with van der Waals surface area (Å²) in [4.78, 5) is 13.5. The molecule has 2 rings (SSSR count). The van der Waals surface area contributed by atoms with E-state index in [-0.39, 0.29) is 0 Å². The Labute approximate surface area is 94.6 Å². The zero-order valence-electron chi connectivity index (χ0n) is 8.97. The van der Waals surface area contributed by atoms with Crippen LogP contribution in [0.5, 0.6) is 0 Å². The van der Waals surface area contributed by atoms with Crippen LogP contribution in [0.4, 0.5) is 0 Å². The number of nitrogens with zero attached hydrogens (tertiary/aromatic N) is 1. The molecule has 0 saturated carbocycles. The Kier molecular flexibility index (Phi) is 3.44. The first-order chi connectivity index (χ1) is 7.90. The van der Waals surface area contributed by atoms with Crippen LogP contribution in [-0.4, -0.2) is 12.6 Å². The van der Waals surface area contributed by atoms with Gasteiger partial charge in [-0.25, -0.2) is 4.99 Å². The third-order valence-corrected chi connectivity index (χ3v) is 2.54. The fourth-order valence-electron chi connectivity index (χ4n) is 1.74. The highest BCUT2D eigenvalue weighted by molar-refractivity contribution is 5.83. The number of aryl methyl sites for hydroxylation is 1. The zero-order chi connectivity index (χ0) is 11.2. The van der Waals surface area contributed by atoms with Gasteiger partial charge in [0.15, 0.2) is 0 Å². The van der Waals surface area contributed by atoms with Gasteiger partial charge in [0.25, 0.3) is 0 Å². The SMILES string of the molecule is O=CN=CCCc1ccc2ccccc2c1. The molecule has 0 radical (unpaired) electrons. The third-order valence-electron chi connectivity index (χ3n) is 2.54. The predicted molar refractivity (Wildman–Crippen MR) is 66.8 cm³/mol. The summed E-state index contributed by atoms with van der Waals surface area (Å²) >= 11 is 0. The first-order valence-electron chi connectivity index (χ1n) is 5.33. The summed E-state index contributed by atoms with van der Waals surface area (Å²) in [7, 11) is 0. The molecule has 0 heterocycles. The minimum Gasteiger partial charge on any atom is -0.276 e. The van der Waals surface area contributed by atoms with E-state index in [1.807, 2.05) is 12.1 Å². The van der Waals surface area contributed by atoms with Crippen LogP contribution in [-0.2, 0) is 11.2 Å². The molecule has 0 aliphatic rings. The summed E-state index contributed by atoms with van der Waals surface area (Å²) in [6.07, 6.45) is 3.95. The van der Waals surface area contributed by atoms with Gasteiger partial charge >= 0.3 is 0 Å². The maximum Gasteiger partial charge on any atom is 0.232 e. The average molecular weight is 211 g/mol. The molecule has 0 aliphatic carbocycles. The quantitative estimate of drug-likeness (QED) is 0.564. The van der Waals surface area contributed by atoms with E-state index in [4.69, 9.17) is 0 Å². The highest BCUT2D eigenvalue weighted by atomic mass is 16.1. The summed E-state index contributed by atoms with van der Waals surface area (Å²) in [5, 5.41) is 2.51. The fraction of sp³-hybridized carbons (Fsp3) is 0.143. The van der Waals surface area contributed by atoms with E-state index in [2.05, 4.69) is 35.3 Å². The van der Waals surface area contributed by atoms with Gasteiger partial charge < -0.3 is 0 Å². The third kappa shape index (κ3) is 2.54. The molecule has 2 aromatic carbocycles. The van der Waals surface area contributed by atoms with Gasteiger partial charge in [-0.3, -0.25) is 4.79 Å². The van der Waals surface area contributed by atoms with Gasteiger partial charge in [0.05, 0.1) is 0 Å². The van der Waals surface area contributed by atoms with Crippen molar-refractivity contribution < 1.29 is 4.79 Å². The number of aliphatic imine (C=N–C) groups is 1. The Balaban J connectivity index is 2.13. The molecule has 0 aromatic heterocycles. The van der Waals surface area contributed by atoms with E-state index in [1.165, 1.54) is 16.3 Å². The van der Waals surface area contributed by atoms with Crippen molar-refractivity contribution >= 4 is 23.4 Å². The van der Waals surface area contributed by atoms with Gasteiger partial charge in [-0.2, -0.15) is 0 Å². The summed E-state index contributed by atoms with van der Waals surface area (Å²) in [6, 6.07) is 14.7. The number of hydrogen-bond donors (Lipinski definition) is 0. The van der Waals surface area contributed by atoms with Crippen molar-refractivity contribution in [1.82, 2.24) is 0 Å². The van der Waals surface area contributed by atoms with E-state index in [9.17, 15) is 4.79 Å². The van der Waals surface area contributed by atoms with Crippen LogP contribution in [0.2, 0.25) is 0 Å². The molecule has 16 heavy (non-hydrogen) atoms. The van der Waals surface area contributed by atoms with Crippen molar-refractivity contribution in [3.05, 3.63) is 48.0 Å². The summed E-state index contributed by atoms with van der Waals surface area (Å²) in [5.74, 6) is 0. The monoisotopic (exact) mass is 211 g/mol. The molecule has 1 amide bonds. The maximum atomic E-state index is 9.99. The van der Waals surface area contributed by atoms with Crippen LogP contribution in [0.25, 0.3) is 10.8 Å². The van der Waals surface area contributed by atoms with Crippen LogP contribution in [0.15, 0.2) is 47.5 Å². The van der Waals surface area contributed by atoms with Gasteiger partial charge in [0, 0.05) is 6.21 Å². The molecule has 0 unspecified atom stereocenters. The predicted octanol–water partition coefficient (Wildman–Crippen LogP) is 3.00. The molecule has 0 bridgehead atoms. The molecule has 2 nitrogen and oxygen atoms in total. The molecule has 80 valence electrons. The van der Waals surface area contributed by atoms with E-state index >= 15 is 0 Å². The van der Waals surface area contributed by atoms with Gasteiger partial charge in [-0.1, -0.05) is 42.5 Å². The van der Waals surface area contributed by atoms with Crippen molar-refractivity contribution in [2.24, 2.45) is 4.99 Å². The van der Waals surface area contributed by atoms with Crippen LogP contribution < -0.4 is 0 Å². The largest absolute Gasteiger partial charge is 0.276 e. The summed E-state index contributed by atoms with van der Waals surface area (Å²) in [6.45, 7) is 0. The van der Waals surface area contributed by atoms with E-state index in [1.54, 1.807) is 6.21 Å². The summed E-state index contributed by atoms with van der Waals surface area (Å²) < 4.78 is 0. The average Bonchev–Trinajstić information content (AvgIpc) is 2.34. The Hall–Kier alpha value is -1.96. The second-order valence-electron chi connectivity index (χ2n) is 3.66. The highest BCUT2D eigenvalue weighted by Crippen LogP contribution is 2.16. The Morgan fingerprint density at radius 3 is 2.69 bits per heavy atom. The molecule has 2 aromatic rings. The Morgan fingerprint density at radius 1 is 1.06 bits per heavy atom. The number of fused-ring (bicyclic) bond motifs is 1. The van der Waals surface area contributed by atoms with Gasteiger partial charge in [-0.05, 0) is 29.2 Å². The van der Waals surface area contributed by atoms with Crippen molar-refractivity contribution in [3.63, 3.8) is 0 Å². The number of amides is 1. The second kappa shape index (κ2) is 5.21. The van der Waals surface area contributed by atoms with Gasteiger partial charge in [0.1, 0.15) is 0 Å². The molecule has 0 spiro atoms. The first kappa shape index (κ1) is 10.6. The minimum atomic E-state index is 0.570. The molecular formula is C14H13NO. The minimum absolute atomic E-state index is 0.570. The molecule has 0 saturated heterocycles. The normalized spacial score (nSPS) is 11.0. The van der Waals surface area contributed by atoms with Crippen molar-refractivity contribution in [2.75, 3.05) is 0 Å². The first-order valence-corrected chi connectivity index (χ1v) is 5.33. The van der Waals surface area contributed by atoms with Crippen molar-refractivity contribution in [2.45, 2.75) is 12.8 Å². The number of benzene rings is 2. The lowest BCUT2D eigenvalue weighted by atomic mass is 10.0. The molecule has 2 heteroatoms. The lowest BCUT2D eigenvalue weighted by Gasteiger charge is -2.01. The van der Waals surface area contributed by atoms with Crippen LogP contribution in [0.3, 0.4) is 0 Å². The second-order valence-corrected chi connectivity index (χ2v) is 3.66. The number of carbonyl (C=O) groups is 1. The summed E-state index contributed by atoms with van der Waals surface area (Å²) in [5.41, 5.74) is 1.27. The molecule has 0 aliphatic heterocycles. The van der Waals surface area contributed by atoms with Crippen molar-refractivity contribution in [1.29, 1.82) is 0 Å². The van der Waals surface area contributed by atoms with Crippen LogP contribution in [0, 0.1) is 0 Å². The molecule has 0 fully saturated rings. The zero-order valence-corrected chi connectivity index (χ0v) is 8.97. The molecule has 0 atom stereocenters. The Morgan fingerprint density at radius 2 is 1.88 bits per heavy atom.